The summed E-state index contributed by atoms with van der Waals surface area (Å²) in [7, 11) is 0. The maximum absolute atomic E-state index is 16.7. The standard InChI is InChI=1S/C27H42F2N2O/c1-6-21-11-10-14-26(21,7-2)24(32)31(23-13-9-8-12-22(23)28)27(29)16-19-30(20-17-27)18-15-25(3,4)5/h8-9,12-13,21H,6-7,10-11,14-20H2,1-5H3. The zero-order valence-corrected chi connectivity index (χ0v) is 20.7. The Morgan fingerprint density at radius 1 is 1.16 bits per heavy atom. The quantitative estimate of drug-likeness (QED) is 0.421. The van der Waals surface area contributed by atoms with Gasteiger partial charge in [0, 0.05) is 25.9 Å². The maximum atomic E-state index is 16.7. The molecule has 1 aliphatic carbocycles. The molecule has 1 saturated heterocycles. The van der Waals surface area contributed by atoms with Crippen molar-refractivity contribution in [3.05, 3.63) is 30.1 Å². The highest BCUT2D eigenvalue weighted by Gasteiger charge is 2.54. The van der Waals surface area contributed by atoms with Gasteiger partial charge in [-0.1, -0.05) is 59.6 Å². The number of para-hydroxylation sites is 1. The van der Waals surface area contributed by atoms with Crippen molar-refractivity contribution >= 4 is 11.6 Å². The first-order chi connectivity index (χ1) is 15.1. The van der Waals surface area contributed by atoms with E-state index in [4.69, 9.17) is 0 Å². The van der Waals surface area contributed by atoms with E-state index in [1.54, 1.807) is 18.2 Å². The number of benzene rings is 1. The number of hydrogen-bond donors (Lipinski definition) is 0. The van der Waals surface area contributed by atoms with Gasteiger partial charge in [-0.2, -0.15) is 0 Å². The SMILES string of the molecule is CCC1CCCC1(CC)C(=O)N(c1ccccc1F)C1(F)CCN(CCC(C)(C)C)CC1. The van der Waals surface area contributed by atoms with E-state index in [-0.39, 0.29) is 35.8 Å². The minimum Gasteiger partial charge on any atom is -0.303 e. The molecule has 2 unspecified atom stereocenters. The first kappa shape index (κ1) is 25.1. The summed E-state index contributed by atoms with van der Waals surface area (Å²) in [5, 5.41) is 0. The second-order valence-corrected chi connectivity index (χ2v) is 11.2. The van der Waals surface area contributed by atoms with E-state index in [1.807, 2.05) is 6.92 Å². The lowest BCUT2D eigenvalue weighted by molar-refractivity contribution is -0.134. The lowest BCUT2D eigenvalue weighted by Gasteiger charge is -2.47. The second-order valence-electron chi connectivity index (χ2n) is 11.2. The Morgan fingerprint density at radius 2 is 1.81 bits per heavy atom. The van der Waals surface area contributed by atoms with Crippen molar-refractivity contribution in [3.63, 3.8) is 0 Å². The molecule has 3 nitrogen and oxygen atoms in total. The van der Waals surface area contributed by atoms with Gasteiger partial charge in [-0.25, -0.2) is 8.78 Å². The number of hydrogen-bond acceptors (Lipinski definition) is 2. The normalized spacial score (nSPS) is 26.3. The molecule has 1 aromatic carbocycles. The lowest BCUT2D eigenvalue weighted by atomic mass is 9.72. The van der Waals surface area contributed by atoms with E-state index in [1.165, 1.54) is 11.0 Å². The highest BCUT2D eigenvalue weighted by molar-refractivity contribution is 5.99. The second kappa shape index (κ2) is 9.79. The number of carbonyl (C=O) groups is 1. The maximum Gasteiger partial charge on any atom is 0.236 e. The fraction of sp³-hybridized carbons (Fsp3) is 0.741. The smallest absolute Gasteiger partial charge is 0.236 e. The number of likely N-dealkylation sites (tertiary alicyclic amines) is 1. The van der Waals surface area contributed by atoms with Crippen LogP contribution in [0.1, 0.15) is 86.0 Å². The largest absolute Gasteiger partial charge is 0.303 e. The topological polar surface area (TPSA) is 23.6 Å². The molecule has 1 aliphatic heterocycles. The molecular formula is C27H42F2N2O. The molecule has 32 heavy (non-hydrogen) atoms. The van der Waals surface area contributed by atoms with Crippen molar-refractivity contribution < 1.29 is 13.6 Å². The number of carbonyl (C=O) groups excluding carboxylic acids is 1. The third kappa shape index (κ3) is 5.03. The van der Waals surface area contributed by atoms with Crippen molar-refractivity contribution in [2.75, 3.05) is 24.5 Å². The van der Waals surface area contributed by atoms with Crippen molar-refractivity contribution in [3.8, 4) is 0 Å². The minimum atomic E-state index is -1.86. The molecule has 180 valence electrons. The zero-order valence-electron chi connectivity index (χ0n) is 20.7. The Morgan fingerprint density at radius 3 is 2.38 bits per heavy atom. The molecule has 2 aliphatic rings. The van der Waals surface area contributed by atoms with E-state index in [0.29, 0.717) is 19.5 Å². The van der Waals surface area contributed by atoms with Crippen LogP contribution >= 0.6 is 0 Å². The highest BCUT2D eigenvalue weighted by Crippen LogP contribution is 2.51. The molecule has 1 amide bonds. The van der Waals surface area contributed by atoms with Crippen LogP contribution in [0.4, 0.5) is 14.5 Å². The molecule has 0 bridgehead atoms. The molecular weight excluding hydrogens is 406 g/mol. The Labute approximate surface area is 193 Å². The van der Waals surface area contributed by atoms with Crippen LogP contribution in [-0.4, -0.2) is 36.2 Å². The number of amides is 1. The van der Waals surface area contributed by atoms with E-state index in [2.05, 4.69) is 32.6 Å². The summed E-state index contributed by atoms with van der Waals surface area (Å²) >= 11 is 0. The fourth-order valence-corrected chi connectivity index (χ4v) is 5.84. The van der Waals surface area contributed by atoms with Crippen LogP contribution in [0.15, 0.2) is 24.3 Å². The van der Waals surface area contributed by atoms with Crippen LogP contribution in [0.2, 0.25) is 0 Å². The van der Waals surface area contributed by atoms with Gasteiger partial charge in [0.05, 0.1) is 11.1 Å². The number of alkyl halides is 1. The van der Waals surface area contributed by atoms with Gasteiger partial charge < -0.3 is 4.90 Å². The van der Waals surface area contributed by atoms with Gasteiger partial charge in [0.2, 0.25) is 5.91 Å². The van der Waals surface area contributed by atoms with Gasteiger partial charge in [0.25, 0.3) is 0 Å². The van der Waals surface area contributed by atoms with Crippen molar-refractivity contribution in [1.82, 2.24) is 4.90 Å². The molecule has 1 saturated carbocycles. The van der Waals surface area contributed by atoms with Crippen LogP contribution in [0.5, 0.6) is 0 Å². The Hall–Kier alpha value is -1.49. The number of nitrogens with zero attached hydrogens (tertiary/aromatic N) is 2. The molecule has 1 aromatic rings. The van der Waals surface area contributed by atoms with Gasteiger partial charge >= 0.3 is 0 Å². The summed E-state index contributed by atoms with van der Waals surface area (Å²) in [6.45, 7) is 12.9. The van der Waals surface area contributed by atoms with Crippen LogP contribution < -0.4 is 4.90 Å². The monoisotopic (exact) mass is 448 g/mol. The van der Waals surface area contributed by atoms with E-state index in [0.717, 1.165) is 38.6 Å². The van der Waals surface area contributed by atoms with Crippen LogP contribution in [0.25, 0.3) is 0 Å². The van der Waals surface area contributed by atoms with Gasteiger partial charge in [0.15, 0.2) is 5.79 Å². The molecule has 2 fully saturated rings. The third-order valence-corrected chi connectivity index (χ3v) is 8.00. The number of halogens is 2. The van der Waals surface area contributed by atoms with Crippen LogP contribution in [0.3, 0.4) is 0 Å². The number of rotatable bonds is 7. The molecule has 0 radical (unpaired) electrons. The predicted octanol–water partition coefficient (Wildman–Crippen LogP) is 6.96. The van der Waals surface area contributed by atoms with E-state index in [9.17, 15) is 9.18 Å². The Bertz CT molecular complexity index is 782. The number of anilines is 1. The first-order valence-electron chi connectivity index (χ1n) is 12.6. The summed E-state index contributed by atoms with van der Waals surface area (Å²) in [5.74, 6) is -2.37. The molecule has 2 atom stereocenters. The van der Waals surface area contributed by atoms with Gasteiger partial charge in [0.1, 0.15) is 5.82 Å². The molecule has 0 spiro atoms. The molecule has 1 heterocycles. The Kier molecular flexibility index (Phi) is 7.69. The van der Waals surface area contributed by atoms with Crippen LogP contribution in [-0.2, 0) is 4.79 Å². The predicted molar refractivity (Wildman–Crippen MR) is 128 cm³/mol. The first-order valence-corrected chi connectivity index (χ1v) is 12.6. The average molecular weight is 449 g/mol. The average Bonchev–Trinajstić information content (AvgIpc) is 3.18. The summed E-state index contributed by atoms with van der Waals surface area (Å²) in [6, 6.07) is 6.20. The zero-order chi connectivity index (χ0) is 23.6. The van der Waals surface area contributed by atoms with Gasteiger partial charge in [-0.3, -0.25) is 9.69 Å². The van der Waals surface area contributed by atoms with Crippen LogP contribution in [0, 0.1) is 22.6 Å². The van der Waals surface area contributed by atoms with Crippen molar-refractivity contribution in [1.29, 1.82) is 0 Å². The summed E-state index contributed by atoms with van der Waals surface area (Å²) in [6.07, 6.45) is 5.76. The van der Waals surface area contributed by atoms with E-state index < -0.39 is 17.0 Å². The van der Waals surface area contributed by atoms with Gasteiger partial charge in [-0.15, -0.1) is 0 Å². The lowest BCUT2D eigenvalue weighted by Crippen LogP contribution is -2.59. The molecule has 5 heteroatoms. The summed E-state index contributed by atoms with van der Waals surface area (Å²) < 4.78 is 31.7. The third-order valence-electron chi connectivity index (χ3n) is 8.00. The molecule has 3 rings (SSSR count). The number of piperidine rings is 1. The molecule has 0 aromatic heterocycles. The molecule has 0 N–H and O–H groups in total. The Balaban J connectivity index is 1.91. The van der Waals surface area contributed by atoms with Gasteiger partial charge in [-0.05, 0) is 55.7 Å². The summed E-state index contributed by atoms with van der Waals surface area (Å²) in [4.78, 5) is 17.7. The fourth-order valence-electron chi connectivity index (χ4n) is 5.84. The van der Waals surface area contributed by atoms with E-state index >= 15 is 4.39 Å². The summed E-state index contributed by atoms with van der Waals surface area (Å²) in [5.41, 5.74) is -0.276. The minimum absolute atomic E-state index is 0.0951. The highest BCUT2D eigenvalue weighted by atomic mass is 19.1. The van der Waals surface area contributed by atoms with Crippen molar-refractivity contribution in [2.45, 2.75) is 91.8 Å². The van der Waals surface area contributed by atoms with Crippen molar-refractivity contribution in [2.24, 2.45) is 16.7 Å².